The maximum Gasteiger partial charge on any atom is 0.0881 e. The van der Waals surface area contributed by atoms with E-state index in [1.54, 1.807) is 0 Å². The van der Waals surface area contributed by atoms with Crippen LogP contribution in [0.3, 0.4) is 0 Å². The minimum absolute atomic E-state index is 0.171. The predicted molar refractivity (Wildman–Crippen MR) is 27.7 cm³/mol. The van der Waals surface area contributed by atoms with E-state index in [1.807, 2.05) is 0 Å². The van der Waals surface area contributed by atoms with Crippen LogP contribution in [0.15, 0.2) is 0 Å². The van der Waals surface area contributed by atoms with Crippen molar-refractivity contribution in [2.24, 2.45) is 5.73 Å². The molecule has 0 heterocycles. The zero-order valence-corrected chi connectivity index (χ0v) is 4.34. The number of hydrogen-bond acceptors (Lipinski definition) is 2. The van der Waals surface area contributed by atoms with Gasteiger partial charge in [-0.15, -0.1) is 11.6 Å². The number of halogens is 1. The normalized spacial score (nSPS) is 15.0. The van der Waals surface area contributed by atoms with E-state index in [-0.39, 0.29) is 4.71 Å². The molecule has 0 saturated heterocycles. The van der Waals surface area contributed by atoms with Crippen LogP contribution in [0.1, 0.15) is 0 Å². The number of alkyl halides is 1. The van der Waals surface area contributed by atoms with Gasteiger partial charge in [-0.1, -0.05) is 0 Å². The molecule has 3 heteroatoms. The summed E-state index contributed by atoms with van der Waals surface area (Å²) in [4.78, 5) is 0. The molecule has 32 valence electrons. The molecule has 0 rings (SSSR count). The van der Waals surface area contributed by atoms with Crippen LogP contribution in [0.25, 0.3) is 0 Å². The minimum atomic E-state index is -0.171. The van der Waals surface area contributed by atoms with Gasteiger partial charge in [0, 0.05) is 6.54 Å². The van der Waals surface area contributed by atoms with E-state index in [9.17, 15) is 0 Å². The maximum absolute atomic E-state index is 5.20. The lowest BCUT2D eigenvalue weighted by molar-refractivity contribution is 1.10. The van der Waals surface area contributed by atoms with Gasteiger partial charge in [0.05, 0.1) is 4.71 Å². The highest BCUT2D eigenvalue weighted by atomic mass is 35.5. The SMILES string of the molecule is NCC(S)Cl. The molecule has 0 spiro atoms. The molecule has 0 amide bonds. The van der Waals surface area contributed by atoms with Gasteiger partial charge in [0.25, 0.3) is 0 Å². The lowest BCUT2D eigenvalue weighted by Gasteiger charge is -1.87. The highest BCUT2D eigenvalue weighted by molar-refractivity contribution is 7.82. The lowest BCUT2D eigenvalue weighted by Crippen LogP contribution is -2.06. The minimum Gasteiger partial charge on any atom is -0.328 e. The molecule has 0 aliphatic heterocycles. The van der Waals surface area contributed by atoms with Crippen molar-refractivity contribution in [2.75, 3.05) is 6.54 Å². The average molecular weight is 112 g/mol. The van der Waals surface area contributed by atoms with Crippen molar-refractivity contribution < 1.29 is 0 Å². The summed E-state index contributed by atoms with van der Waals surface area (Å²) < 4.78 is -0.171. The first-order valence-electron chi connectivity index (χ1n) is 1.29. The Bertz CT molecular complexity index is 23.6. The quantitative estimate of drug-likeness (QED) is 0.373. The highest BCUT2D eigenvalue weighted by Crippen LogP contribution is 1.93. The third-order valence-electron chi connectivity index (χ3n) is 0.194. The standard InChI is InChI=1S/C2H6ClNS/c3-2(5)1-4/h2,5H,1,4H2. The van der Waals surface area contributed by atoms with Crippen LogP contribution in [0.4, 0.5) is 0 Å². The zero-order chi connectivity index (χ0) is 4.28. The molecule has 0 aliphatic carbocycles. The molecule has 0 aromatic heterocycles. The monoisotopic (exact) mass is 111 g/mol. The average Bonchev–Trinajstić information content (AvgIpc) is 1.38. The van der Waals surface area contributed by atoms with E-state index in [1.165, 1.54) is 0 Å². The van der Waals surface area contributed by atoms with Gasteiger partial charge in [-0.2, -0.15) is 12.6 Å². The molecule has 0 bridgehead atoms. The summed E-state index contributed by atoms with van der Waals surface area (Å²) >= 11 is 8.94. The maximum atomic E-state index is 5.20. The second kappa shape index (κ2) is 2.82. The molecule has 1 nitrogen and oxygen atoms in total. The van der Waals surface area contributed by atoms with Crippen LogP contribution in [-0.2, 0) is 0 Å². The summed E-state index contributed by atoms with van der Waals surface area (Å²) in [6.07, 6.45) is 0. The first kappa shape index (κ1) is 5.60. The topological polar surface area (TPSA) is 26.0 Å². The smallest absolute Gasteiger partial charge is 0.0881 e. The van der Waals surface area contributed by atoms with Crippen molar-refractivity contribution in [3.05, 3.63) is 0 Å². The summed E-state index contributed by atoms with van der Waals surface area (Å²) in [5.41, 5.74) is 4.96. The molecule has 1 atom stereocenters. The van der Waals surface area contributed by atoms with Crippen LogP contribution in [-0.4, -0.2) is 11.3 Å². The highest BCUT2D eigenvalue weighted by Gasteiger charge is 1.84. The summed E-state index contributed by atoms with van der Waals surface area (Å²) in [6.45, 7) is 0.435. The van der Waals surface area contributed by atoms with E-state index < -0.39 is 0 Å². The van der Waals surface area contributed by atoms with Crippen LogP contribution in [0, 0.1) is 0 Å². The fraction of sp³-hybridized carbons (Fsp3) is 1.00. The van der Waals surface area contributed by atoms with E-state index >= 15 is 0 Å². The van der Waals surface area contributed by atoms with Gasteiger partial charge in [0.2, 0.25) is 0 Å². The molecular weight excluding hydrogens is 106 g/mol. The second-order valence-corrected chi connectivity index (χ2v) is 2.12. The number of rotatable bonds is 1. The van der Waals surface area contributed by atoms with Crippen LogP contribution < -0.4 is 5.73 Å². The Morgan fingerprint density at radius 1 is 2.00 bits per heavy atom. The largest absolute Gasteiger partial charge is 0.328 e. The number of nitrogens with two attached hydrogens (primary N) is 1. The molecule has 0 aromatic carbocycles. The van der Waals surface area contributed by atoms with Crippen LogP contribution in [0.2, 0.25) is 0 Å². The fourth-order valence-corrected chi connectivity index (χ4v) is 0. The van der Waals surface area contributed by atoms with Crippen molar-refractivity contribution in [3.63, 3.8) is 0 Å². The van der Waals surface area contributed by atoms with E-state index in [0.29, 0.717) is 6.54 Å². The molecule has 5 heavy (non-hydrogen) atoms. The van der Waals surface area contributed by atoms with Gasteiger partial charge in [-0.25, -0.2) is 0 Å². The van der Waals surface area contributed by atoms with Gasteiger partial charge in [0.15, 0.2) is 0 Å². The third kappa shape index (κ3) is 4.60. The third-order valence-corrected chi connectivity index (χ3v) is 0.583. The Hall–Kier alpha value is 0.600. The summed E-state index contributed by atoms with van der Waals surface area (Å²) in [5.74, 6) is 0. The fourth-order valence-electron chi connectivity index (χ4n) is 0. The van der Waals surface area contributed by atoms with Crippen molar-refractivity contribution in [2.45, 2.75) is 4.71 Å². The first-order chi connectivity index (χ1) is 2.27. The zero-order valence-electron chi connectivity index (χ0n) is 2.69. The van der Waals surface area contributed by atoms with Gasteiger partial charge >= 0.3 is 0 Å². The Morgan fingerprint density at radius 2 is 2.20 bits per heavy atom. The van der Waals surface area contributed by atoms with Gasteiger partial charge in [-0.05, 0) is 0 Å². The molecular formula is C2H6ClNS. The van der Waals surface area contributed by atoms with E-state index in [2.05, 4.69) is 12.6 Å². The van der Waals surface area contributed by atoms with Crippen molar-refractivity contribution in [1.82, 2.24) is 0 Å². The predicted octanol–water partition coefficient (Wildman–Crippen LogP) is 0.440. The van der Waals surface area contributed by atoms with Gasteiger partial charge in [0.1, 0.15) is 0 Å². The van der Waals surface area contributed by atoms with E-state index in [0.717, 1.165) is 0 Å². The summed E-state index contributed by atoms with van der Waals surface area (Å²) in [6, 6.07) is 0. The summed E-state index contributed by atoms with van der Waals surface area (Å²) in [7, 11) is 0. The number of hydrogen-bond donors (Lipinski definition) is 2. The second-order valence-electron chi connectivity index (χ2n) is 0.670. The van der Waals surface area contributed by atoms with Gasteiger partial charge < -0.3 is 5.73 Å². The Balaban J connectivity index is 2.54. The Kier molecular flexibility index (Phi) is 3.16. The molecule has 1 unspecified atom stereocenters. The van der Waals surface area contributed by atoms with Crippen molar-refractivity contribution in [3.8, 4) is 0 Å². The molecule has 0 aromatic rings. The van der Waals surface area contributed by atoms with E-state index in [4.69, 9.17) is 17.3 Å². The number of thiol groups is 1. The molecule has 2 N–H and O–H groups in total. The Labute approximate surface area is 41.9 Å². The van der Waals surface area contributed by atoms with Crippen molar-refractivity contribution in [1.29, 1.82) is 0 Å². The summed E-state index contributed by atoms with van der Waals surface area (Å²) in [5, 5.41) is 0. The molecule has 0 aliphatic rings. The van der Waals surface area contributed by atoms with Crippen LogP contribution in [0.5, 0.6) is 0 Å². The van der Waals surface area contributed by atoms with Gasteiger partial charge in [-0.3, -0.25) is 0 Å². The first-order valence-corrected chi connectivity index (χ1v) is 2.25. The molecule has 0 saturated carbocycles. The molecule has 0 fully saturated rings. The van der Waals surface area contributed by atoms with Crippen molar-refractivity contribution >= 4 is 24.2 Å². The van der Waals surface area contributed by atoms with Crippen LogP contribution >= 0.6 is 24.2 Å². The Morgan fingerprint density at radius 3 is 2.20 bits per heavy atom. The molecule has 0 radical (unpaired) electrons. The lowest BCUT2D eigenvalue weighted by atomic mass is 10.8.